The molecule has 0 amide bonds. The molecule has 2 nitrogen and oxygen atoms in total. The van der Waals surface area contributed by atoms with Gasteiger partial charge in [-0.3, -0.25) is 0 Å². The van der Waals surface area contributed by atoms with E-state index in [1.54, 1.807) is 19.2 Å². The van der Waals surface area contributed by atoms with Crippen LogP contribution < -0.4 is 10.1 Å². The first kappa shape index (κ1) is 9.46. The van der Waals surface area contributed by atoms with Crippen LogP contribution in [0.2, 0.25) is 0 Å². The first-order valence-corrected chi connectivity index (χ1v) is 4.85. The third kappa shape index (κ3) is 2.23. The quantitative estimate of drug-likeness (QED) is 0.794. The van der Waals surface area contributed by atoms with Gasteiger partial charge in [-0.15, -0.1) is 0 Å². The van der Waals surface area contributed by atoms with Gasteiger partial charge in [-0.05, 0) is 31.0 Å². The van der Waals surface area contributed by atoms with E-state index in [9.17, 15) is 4.39 Å². The molecule has 14 heavy (non-hydrogen) atoms. The molecular formula is C11H14FNO. The Bertz CT molecular complexity index is 323. The van der Waals surface area contributed by atoms with E-state index >= 15 is 0 Å². The SMILES string of the molecule is COc1ccc(F)c(CNC2CC2)c1. The van der Waals surface area contributed by atoms with E-state index in [1.807, 2.05) is 0 Å². The van der Waals surface area contributed by atoms with Crippen molar-refractivity contribution in [2.24, 2.45) is 0 Å². The van der Waals surface area contributed by atoms with Crippen LogP contribution in [0.1, 0.15) is 18.4 Å². The number of benzene rings is 1. The van der Waals surface area contributed by atoms with Gasteiger partial charge in [0.15, 0.2) is 0 Å². The van der Waals surface area contributed by atoms with Crippen molar-refractivity contribution in [2.75, 3.05) is 7.11 Å². The minimum absolute atomic E-state index is 0.168. The normalized spacial score (nSPS) is 15.6. The molecule has 0 heterocycles. The second kappa shape index (κ2) is 3.96. The lowest BCUT2D eigenvalue weighted by Crippen LogP contribution is -2.16. The lowest BCUT2D eigenvalue weighted by molar-refractivity contribution is 0.412. The zero-order chi connectivity index (χ0) is 9.97. The molecule has 0 spiro atoms. The van der Waals surface area contributed by atoms with E-state index in [0.717, 1.165) is 0 Å². The molecule has 1 aliphatic rings. The Kier molecular flexibility index (Phi) is 2.68. The van der Waals surface area contributed by atoms with Gasteiger partial charge in [0.1, 0.15) is 11.6 Å². The molecule has 1 aromatic rings. The van der Waals surface area contributed by atoms with E-state index < -0.39 is 0 Å². The van der Waals surface area contributed by atoms with Crippen molar-refractivity contribution in [2.45, 2.75) is 25.4 Å². The van der Waals surface area contributed by atoms with Crippen LogP contribution in [0.4, 0.5) is 4.39 Å². The fourth-order valence-electron chi connectivity index (χ4n) is 1.36. The number of hydrogen-bond acceptors (Lipinski definition) is 2. The zero-order valence-corrected chi connectivity index (χ0v) is 8.22. The molecule has 1 N–H and O–H groups in total. The summed E-state index contributed by atoms with van der Waals surface area (Å²) >= 11 is 0. The van der Waals surface area contributed by atoms with Gasteiger partial charge in [-0.1, -0.05) is 0 Å². The molecule has 0 aliphatic heterocycles. The van der Waals surface area contributed by atoms with Crippen LogP contribution in [-0.4, -0.2) is 13.2 Å². The van der Waals surface area contributed by atoms with Crippen LogP contribution in [0.15, 0.2) is 18.2 Å². The number of methoxy groups -OCH3 is 1. The van der Waals surface area contributed by atoms with Crippen molar-refractivity contribution < 1.29 is 9.13 Å². The van der Waals surface area contributed by atoms with Gasteiger partial charge >= 0.3 is 0 Å². The fourth-order valence-corrected chi connectivity index (χ4v) is 1.36. The van der Waals surface area contributed by atoms with Crippen molar-refractivity contribution in [1.82, 2.24) is 5.32 Å². The summed E-state index contributed by atoms with van der Waals surface area (Å²) in [5.41, 5.74) is 0.677. The summed E-state index contributed by atoms with van der Waals surface area (Å²) in [4.78, 5) is 0. The van der Waals surface area contributed by atoms with E-state index in [0.29, 0.717) is 23.9 Å². The molecule has 2 rings (SSSR count). The highest BCUT2D eigenvalue weighted by Gasteiger charge is 2.20. The molecule has 1 aliphatic carbocycles. The Balaban J connectivity index is 2.04. The Morgan fingerprint density at radius 1 is 1.50 bits per heavy atom. The second-order valence-electron chi connectivity index (χ2n) is 3.61. The van der Waals surface area contributed by atoms with Crippen LogP contribution in [0, 0.1) is 5.82 Å². The van der Waals surface area contributed by atoms with Crippen molar-refractivity contribution in [3.05, 3.63) is 29.6 Å². The van der Waals surface area contributed by atoms with Gasteiger partial charge in [-0.25, -0.2) is 4.39 Å². The summed E-state index contributed by atoms with van der Waals surface area (Å²) in [6.45, 7) is 0.591. The molecule has 0 unspecified atom stereocenters. The minimum atomic E-state index is -0.168. The highest BCUT2D eigenvalue weighted by atomic mass is 19.1. The molecule has 1 aromatic carbocycles. The largest absolute Gasteiger partial charge is 0.497 e. The smallest absolute Gasteiger partial charge is 0.127 e. The summed E-state index contributed by atoms with van der Waals surface area (Å²) in [5, 5.41) is 3.27. The van der Waals surface area contributed by atoms with Crippen molar-refractivity contribution >= 4 is 0 Å². The molecule has 3 heteroatoms. The minimum Gasteiger partial charge on any atom is -0.497 e. The fraction of sp³-hybridized carbons (Fsp3) is 0.455. The lowest BCUT2D eigenvalue weighted by Gasteiger charge is -2.06. The van der Waals surface area contributed by atoms with E-state index in [-0.39, 0.29) is 5.82 Å². The summed E-state index contributed by atoms with van der Waals surface area (Å²) in [6.07, 6.45) is 2.43. The molecule has 1 saturated carbocycles. The Labute approximate surface area is 83.1 Å². The molecule has 0 aromatic heterocycles. The van der Waals surface area contributed by atoms with Gasteiger partial charge in [-0.2, -0.15) is 0 Å². The maximum absolute atomic E-state index is 13.3. The molecule has 0 atom stereocenters. The molecular weight excluding hydrogens is 181 g/mol. The summed E-state index contributed by atoms with van der Waals surface area (Å²) in [6, 6.07) is 5.42. The molecule has 0 bridgehead atoms. The van der Waals surface area contributed by atoms with Crippen molar-refractivity contribution in [1.29, 1.82) is 0 Å². The third-order valence-corrected chi connectivity index (χ3v) is 2.41. The second-order valence-corrected chi connectivity index (χ2v) is 3.61. The Hall–Kier alpha value is -1.09. The van der Waals surface area contributed by atoms with Crippen LogP contribution in [0.5, 0.6) is 5.75 Å². The van der Waals surface area contributed by atoms with Crippen LogP contribution in [0.25, 0.3) is 0 Å². The molecule has 0 radical (unpaired) electrons. The van der Waals surface area contributed by atoms with E-state index in [1.165, 1.54) is 18.9 Å². The first-order valence-electron chi connectivity index (χ1n) is 4.85. The predicted molar refractivity (Wildman–Crippen MR) is 52.8 cm³/mol. The maximum atomic E-state index is 13.3. The predicted octanol–water partition coefficient (Wildman–Crippen LogP) is 2.09. The Morgan fingerprint density at radius 3 is 2.93 bits per heavy atom. The number of halogens is 1. The standard InChI is InChI=1S/C11H14FNO/c1-14-10-4-5-11(12)8(6-10)7-13-9-2-3-9/h4-6,9,13H,2-3,7H2,1H3. The lowest BCUT2D eigenvalue weighted by atomic mass is 10.2. The summed E-state index contributed by atoms with van der Waals surface area (Å²) in [7, 11) is 1.59. The number of nitrogens with one attached hydrogen (secondary N) is 1. The van der Waals surface area contributed by atoms with Gasteiger partial charge in [0.25, 0.3) is 0 Å². The van der Waals surface area contributed by atoms with Crippen molar-refractivity contribution in [3.63, 3.8) is 0 Å². The average Bonchev–Trinajstić information content (AvgIpc) is 3.00. The average molecular weight is 195 g/mol. The zero-order valence-electron chi connectivity index (χ0n) is 8.22. The summed E-state index contributed by atoms with van der Waals surface area (Å²) in [5.74, 6) is 0.540. The van der Waals surface area contributed by atoms with Gasteiger partial charge < -0.3 is 10.1 Å². The monoisotopic (exact) mass is 195 g/mol. The van der Waals surface area contributed by atoms with Gasteiger partial charge in [0.2, 0.25) is 0 Å². The Morgan fingerprint density at radius 2 is 2.29 bits per heavy atom. The van der Waals surface area contributed by atoms with Gasteiger partial charge in [0, 0.05) is 18.2 Å². The first-order chi connectivity index (χ1) is 6.79. The molecule has 0 saturated heterocycles. The van der Waals surface area contributed by atoms with E-state index in [4.69, 9.17) is 4.74 Å². The topological polar surface area (TPSA) is 21.3 Å². The summed E-state index contributed by atoms with van der Waals surface area (Å²) < 4.78 is 18.3. The molecule has 1 fully saturated rings. The van der Waals surface area contributed by atoms with E-state index in [2.05, 4.69) is 5.32 Å². The van der Waals surface area contributed by atoms with Crippen molar-refractivity contribution in [3.8, 4) is 5.75 Å². The maximum Gasteiger partial charge on any atom is 0.127 e. The number of rotatable bonds is 4. The number of ether oxygens (including phenoxy) is 1. The highest BCUT2D eigenvalue weighted by Crippen LogP contribution is 2.21. The number of hydrogen-bond donors (Lipinski definition) is 1. The highest BCUT2D eigenvalue weighted by molar-refractivity contribution is 5.29. The van der Waals surface area contributed by atoms with Crippen LogP contribution >= 0.6 is 0 Å². The third-order valence-electron chi connectivity index (χ3n) is 2.41. The molecule has 76 valence electrons. The van der Waals surface area contributed by atoms with Crippen LogP contribution in [0.3, 0.4) is 0 Å². The van der Waals surface area contributed by atoms with Gasteiger partial charge in [0.05, 0.1) is 7.11 Å². The van der Waals surface area contributed by atoms with Crippen LogP contribution in [-0.2, 0) is 6.54 Å².